The predicted molar refractivity (Wildman–Crippen MR) is 79.6 cm³/mol. The minimum atomic E-state index is -0.0891. The van der Waals surface area contributed by atoms with Crippen molar-refractivity contribution in [3.05, 3.63) is 29.3 Å². The summed E-state index contributed by atoms with van der Waals surface area (Å²) in [7, 11) is 0. The summed E-state index contributed by atoms with van der Waals surface area (Å²) >= 11 is 1.62. The Kier molecular flexibility index (Phi) is 5.06. The topological polar surface area (TPSA) is 71.1 Å². The number of nitrogens with one attached hydrogen (secondary N) is 2. The fraction of sp³-hybridized carbons (Fsp3) is 0.357. The zero-order valence-corrected chi connectivity index (χ0v) is 12.1. The Labute approximate surface area is 121 Å². The zero-order valence-electron chi connectivity index (χ0n) is 11.3. The second-order valence-corrected chi connectivity index (χ2v) is 5.52. The summed E-state index contributed by atoms with van der Waals surface area (Å²) in [6, 6.07) is 7.95. The summed E-state index contributed by atoms with van der Waals surface area (Å²) in [5.41, 5.74) is 0.985. The van der Waals surface area contributed by atoms with Crippen LogP contribution in [0.1, 0.15) is 18.4 Å². The molecule has 1 heterocycles. The number of benzene rings is 1. The number of hydrogen-bond acceptors (Lipinski definition) is 4. The van der Waals surface area contributed by atoms with E-state index >= 15 is 0 Å². The number of nitrogens with zero attached hydrogens (tertiary/aromatic N) is 1. The molecule has 5 nitrogen and oxygen atoms in total. The van der Waals surface area contributed by atoms with E-state index in [0.717, 1.165) is 15.2 Å². The van der Waals surface area contributed by atoms with Crippen LogP contribution < -0.4 is 10.6 Å². The summed E-state index contributed by atoms with van der Waals surface area (Å²) in [5, 5.41) is 6.37. The van der Waals surface area contributed by atoms with Crippen LogP contribution in [0, 0.1) is 0 Å². The minimum Gasteiger partial charge on any atom is -0.355 e. The fourth-order valence-corrected chi connectivity index (χ4v) is 2.74. The normalized spacial score (nSPS) is 10.4. The maximum atomic E-state index is 11.6. The Morgan fingerprint density at radius 3 is 2.70 bits per heavy atom. The Balaban J connectivity index is 1.74. The summed E-state index contributed by atoms with van der Waals surface area (Å²) in [4.78, 5) is 26.8. The number of aromatic nitrogens is 1. The van der Waals surface area contributed by atoms with Gasteiger partial charge in [0.25, 0.3) is 0 Å². The maximum Gasteiger partial charge on any atom is 0.220 e. The van der Waals surface area contributed by atoms with Gasteiger partial charge in [0.1, 0.15) is 0 Å². The van der Waals surface area contributed by atoms with Gasteiger partial charge in [-0.15, -0.1) is 11.3 Å². The van der Waals surface area contributed by atoms with Crippen LogP contribution in [0.15, 0.2) is 24.3 Å². The highest BCUT2D eigenvalue weighted by Crippen LogP contribution is 2.22. The number of fused-ring (bicyclic) bond motifs is 1. The SMILES string of the molecule is CC(=O)NCCNC(=O)CCc1nc2ccccc2s1. The molecule has 0 spiro atoms. The average molecular weight is 291 g/mol. The number of hydrogen-bond donors (Lipinski definition) is 2. The van der Waals surface area contributed by atoms with E-state index in [-0.39, 0.29) is 11.8 Å². The summed E-state index contributed by atoms with van der Waals surface area (Å²) in [5.74, 6) is -0.108. The Bertz CT molecular complexity index is 576. The summed E-state index contributed by atoms with van der Waals surface area (Å²) < 4.78 is 1.15. The quantitative estimate of drug-likeness (QED) is 0.792. The van der Waals surface area contributed by atoms with Gasteiger partial charge in [-0.25, -0.2) is 4.98 Å². The van der Waals surface area contributed by atoms with Crippen molar-refractivity contribution < 1.29 is 9.59 Å². The number of amides is 2. The van der Waals surface area contributed by atoms with Crippen LogP contribution in [-0.2, 0) is 16.0 Å². The smallest absolute Gasteiger partial charge is 0.220 e. The molecular weight excluding hydrogens is 274 g/mol. The van der Waals surface area contributed by atoms with Crippen molar-refractivity contribution in [3.63, 3.8) is 0 Å². The molecule has 2 rings (SSSR count). The number of carbonyl (C=O) groups excluding carboxylic acids is 2. The molecule has 0 radical (unpaired) electrons. The van der Waals surface area contributed by atoms with Crippen LogP contribution >= 0.6 is 11.3 Å². The van der Waals surface area contributed by atoms with Gasteiger partial charge in [0.05, 0.1) is 15.2 Å². The number of rotatable bonds is 6. The van der Waals surface area contributed by atoms with Crippen LogP contribution in [0.25, 0.3) is 10.2 Å². The van der Waals surface area contributed by atoms with E-state index in [9.17, 15) is 9.59 Å². The van der Waals surface area contributed by atoms with E-state index in [4.69, 9.17) is 0 Å². The molecule has 0 aliphatic rings. The van der Waals surface area contributed by atoms with Gasteiger partial charge < -0.3 is 10.6 Å². The van der Waals surface area contributed by atoms with Gasteiger partial charge in [-0.1, -0.05) is 12.1 Å². The van der Waals surface area contributed by atoms with Gasteiger partial charge in [-0.05, 0) is 12.1 Å². The first kappa shape index (κ1) is 14.5. The van der Waals surface area contributed by atoms with E-state index < -0.39 is 0 Å². The molecule has 0 saturated carbocycles. The zero-order chi connectivity index (χ0) is 14.4. The van der Waals surface area contributed by atoms with Crippen LogP contribution in [0.2, 0.25) is 0 Å². The molecule has 1 aromatic carbocycles. The largest absolute Gasteiger partial charge is 0.355 e. The molecule has 2 amide bonds. The number of carbonyl (C=O) groups is 2. The molecular formula is C14H17N3O2S. The van der Waals surface area contributed by atoms with Crippen molar-refractivity contribution >= 4 is 33.4 Å². The van der Waals surface area contributed by atoms with Crippen LogP contribution in [0.3, 0.4) is 0 Å². The number of thiazole rings is 1. The molecule has 0 atom stereocenters. The van der Waals surface area contributed by atoms with Gasteiger partial charge >= 0.3 is 0 Å². The Morgan fingerprint density at radius 1 is 1.20 bits per heavy atom. The molecule has 0 bridgehead atoms. The Morgan fingerprint density at radius 2 is 1.95 bits per heavy atom. The molecule has 2 aromatic rings. The molecule has 0 unspecified atom stereocenters. The number of para-hydroxylation sites is 1. The fourth-order valence-electron chi connectivity index (χ4n) is 1.78. The second kappa shape index (κ2) is 7.00. The monoisotopic (exact) mass is 291 g/mol. The van der Waals surface area contributed by atoms with E-state index in [1.165, 1.54) is 6.92 Å². The lowest BCUT2D eigenvalue weighted by Gasteiger charge is -2.04. The molecule has 106 valence electrons. The first-order valence-electron chi connectivity index (χ1n) is 6.51. The molecule has 0 aliphatic heterocycles. The molecule has 0 aliphatic carbocycles. The van der Waals surface area contributed by atoms with Crippen molar-refractivity contribution in [2.75, 3.05) is 13.1 Å². The molecule has 2 N–H and O–H groups in total. The van der Waals surface area contributed by atoms with Crippen molar-refractivity contribution in [1.29, 1.82) is 0 Å². The van der Waals surface area contributed by atoms with Gasteiger partial charge in [0, 0.05) is 32.9 Å². The van der Waals surface area contributed by atoms with Gasteiger partial charge in [-0.2, -0.15) is 0 Å². The summed E-state index contributed by atoms with van der Waals surface area (Å²) in [6.45, 7) is 2.37. The van der Waals surface area contributed by atoms with Crippen molar-refractivity contribution in [2.24, 2.45) is 0 Å². The van der Waals surface area contributed by atoms with Crippen LogP contribution in [0.5, 0.6) is 0 Å². The van der Waals surface area contributed by atoms with Crippen molar-refractivity contribution in [2.45, 2.75) is 19.8 Å². The maximum absolute atomic E-state index is 11.6. The van der Waals surface area contributed by atoms with Gasteiger partial charge in [0.15, 0.2) is 0 Å². The molecule has 0 saturated heterocycles. The number of aryl methyl sites for hydroxylation is 1. The molecule has 6 heteroatoms. The van der Waals surface area contributed by atoms with E-state index in [1.807, 2.05) is 24.3 Å². The molecule has 20 heavy (non-hydrogen) atoms. The highest BCUT2D eigenvalue weighted by molar-refractivity contribution is 7.18. The van der Waals surface area contributed by atoms with Gasteiger partial charge in [0.2, 0.25) is 11.8 Å². The highest BCUT2D eigenvalue weighted by Gasteiger charge is 2.06. The van der Waals surface area contributed by atoms with Crippen LogP contribution in [0.4, 0.5) is 0 Å². The second-order valence-electron chi connectivity index (χ2n) is 4.41. The lowest BCUT2D eigenvalue weighted by atomic mass is 10.3. The standard InChI is InChI=1S/C14H17N3O2S/c1-10(18)15-8-9-16-13(19)6-7-14-17-11-4-2-3-5-12(11)20-14/h2-5H,6-9H2,1H3,(H,15,18)(H,16,19). The van der Waals surface area contributed by atoms with Crippen molar-refractivity contribution in [1.82, 2.24) is 15.6 Å². The third-order valence-electron chi connectivity index (χ3n) is 2.73. The first-order valence-corrected chi connectivity index (χ1v) is 7.32. The van der Waals surface area contributed by atoms with Gasteiger partial charge in [-0.3, -0.25) is 9.59 Å². The lowest BCUT2D eigenvalue weighted by Crippen LogP contribution is -2.33. The summed E-state index contributed by atoms with van der Waals surface area (Å²) in [6.07, 6.45) is 1.06. The predicted octanol–water partition coefficient (Wildman–Crippen LogP) is 1.48. The Hall–Kier alpha value is -1.95. The third-order valence-corrected chi connectivity index (χ3v) is 3.82. The average Bonchev–Trinajstić information content (AvgIpc) is 2.84. The van der Waals surface area contributed by atoms with E-state index in [0.29, 0.717) is 25.9 Å². The van der Waals surface area contributed by atoms with E-state index in [2.05, 4.69) is 15.6 Å². The minimum absolute atomic E-state index is 0.0189. The molecule has 1 aromatic heterocycles. The highest BCUT2D eigenvalue weighted by atomic mass is 32.1. The third kappa shape index (κ3) is 4.31. The first-order chi connectivity index (χ1) is 9.65. The van der Waals surface area contributed by atoms with Crippen molar-refractivity contribution in [3.8, 4) is 0 Å². The van der Waals surface area contributed by atoms with E-state index in [1.54, 1.807) is 11.3 Å². The lowest BCUT2D eigenvalue weighted by molar-refractivity contribution is -0.122. The molecule has 0 fully saturated rings. The van der Waals surface area contributed by atoms with Crippen LogP contribution in [-0.4, -0.2) is 29.9 Å².